The van der Waals surface area contributed by atoms with Gasteiger partial charge in [0.2, 0.25) is 0 Å². The van der Waals surface area contributed by atoms with E-state index in [9.17, 15) is 9.59 Å². The number of thiophene rings is 1. The summed E-state index contributed by atoms with van der Waals surface area (Å²) in [6.45, 7) is 0.414. The maximum Gasteiger partial charge on any atom is 0.261 e. The van der Waals surface area contributed by atoms with Crippen LogP contribution in [0.25, 0.3) is 0 Å². The average molecular weight is 366 g/mol. The van der Waals surface area contributed by atoms with Gasteiger partial charge in [-0.1, -0.05) is 18.2 Å². The zero-order valence-electron chi connectivity index (χ0n) is 14.2. The number of methoxy groups -OCH3 is 1. The van der Waals surface area contributed by atoms with Crippen molar-refractivity contribution in [2.45, 2.75) is 6.54 Å². The van der Waals surface area contributed by atoms with Gasteiger partial charge in [-0.25, -0.2) is 0 Å². The number of amides is 2. The molecule has 2 amide bonds. The Kier molecular flexibility index (Phi) is 5.66. The molecular weight excluding hydrogens is 348 g/mol. The fourth-order valence-corrected chi connectivity index (χ4v) is 2.97. The topological polar surface area (TPSA) is 67.4 Å². The molecule has 2 N–H and O–H groups in total. The van der Waals surface area contributed by atoms with Crippen LogP contribution in [0, 0.1) is 0 Å². The van der Waals surface area contributed by atoms with E-state index in [2.05, 4.69) is 10.6 Å². The van der Waals surface area contributed by atoms with Gasteiger partial charge in [-0.15, -0.1) is 11.3 Å². The summed E-state index contributed by atoms with van der Waals surface area (Å²) in [6, 6.07) is 17.9. The monoisotopic (exact) mass is 366 g/mol. The first-order chi connectivity index (χ1) is 12.7. The smallest absolute Gasteiger partial charge is 0.261 e. The summed E-state index contributed by atoms with van der Waals surface area (Å²) >= 11 is 1.40. The molecule has 0 spiro atoms. The highest BCUT2D eigenvalue weighted by molar-refractivity contribution is 7.12. The molecule has 1 aromatic heterocycles. The van der Waals surface area contributed by atoms with Crippen LogP contribution in [-0.2, 0) is 6.54 Å². The van der Waals surface area contributed by atoms with Crippen LogP contribution in [-0.4, -0.2) is 18.9 Å². The van der Waals surface area contributed by atoms with E-state index in [0.29, 0.717) is 22.7 Å². The summed E-state index contributed by atoms with van der Waals surface area (Å²) in [6.07, 6.45) is 0. The summed E-state index contributed by atoms with van der Waals surface area (Å²) in [7, 11) is 1.60. The van der Waals surface area contributed by atoms with E-state index in [1.807, 2.05) is 23.6 Å². The lowest BCUT2D eigenvalue weighted by Gasteiger charge is -2.08. The zero-order chi connectivity index (χ0) is 18.4. The van der Waals surface area contributed by atoms with Crippen molar-refractivity contribution in [3.05, 3.63) is 82.0 Å². The van der Waals surface area contributed by atoms with Gasteiger partial charge in [-0.2, -0.15) is 0 Å². The summed E-state index contributed by atoms with van der Waals surface area (Å²) in [5.41, 5.74) is 2.17. The van der Waals surface area contributed by atoms with Crippen molar-refractivity contribution >= 4 is 28.8 Å². The highest BCUT2D eigenvalue weighted by Gasteiger charge is 2.08. The molecule has 2 aromatic carbocycles. The third-order valence-electron chi connectivity index (χ3n) is 3.76. The van der Waals surface area contributed by atoms with Gasteiger partial charge in [0.25, 0.3) is 11.8 Å². The van der Waals surface area contributed by atoms with Crippen LogP contribution in [0.15, 0.2) is 66.0 Å². The summed E-state index contributed by atoms with van der Waals surface area (Å²) < 4.78 is 5.09. The van der Waals surface area contributed by atoms with Crippen molar-refractivity contribution in [3.8, 4) is 5.75 Å². The molecule has 0 aliphatic heterocycles. The quantitative estimate of drug-likeness (QED) is 0.694. The molecular formula is C20H18N2O3S. The Hall–Kier alpha value is -3.12. The van der Waals surface area contributed by atoms with E-state index >= 15 is 0 Å². The first kappa shape index (κ1) is 17.7. The van der Waals surface area contributed by atoms with Crippen molar-refractivity contribution < 1.29 is 14.3 Å². The Morgan fingerprint density at radius 3 is 2.31 bits per heavy atom. The second kappa shape index (κ2) is 8.31. The Morgan fingerprint density at radius 2 is 1.69 bits per heavy atom. The van der Waals surface area contributed by atoms with Gasteiger partial charge < -0.3 is 15.4 Å². The van der Waals surface area contributed by atoms with E-state index in [-0.39, 0.29) is 11.8 Å². The molecule has 0 bridgehead atoms. The first-order valence-corrected chi connectivity index (χ1v) is 8.90. The Morgan fingerprint density at radius 1 is 0.962 bits per heavy atom. The number of carbonyl (C=O) groups is 2. The van der Waals surface area contributed by atoms with Crippen molar-refractivity contribution in [1.29, 1.82) is 0 Å². The number of hydrogen-bond donors (Lipinski definition) is 2. The van der Waals surface area contributed by atoms with E-state index in [1.54, 1.807) is 49.6 Å². The van der Waals surface area contributed by atoms with Crippen LogP contribution in [0.4, 0.5) is 5.69 Å². The average Bonchev–Trinajstić information content (AvgIpc) is 3.22. The van der Waals surface area contributed by atoms with Crippen LogP contribution < -0.4 is 15.4 Å². The molecule has 0 fully saturated rings. The lowest BCUT2D eigenvalue weighted by atomic mass is 10.1. The van der Waals surface area contributed by atoms with E-state index < -0.39 is 0 Å². The van der Waals surface area contributed by atoms with Gasteiger partial charge in [-0.05, 0) is 53.4 Å². The number of ether oxygens (including phenoxy) is 1. The molecule has 0 aliphatic rings. The largest absolute Gasteiger partial charge is 0.497 e. The maximum atomic E-state index is 12.3. The fraction of sp³-hybridized carbons (Fsp3) is 0.100. The molecule has 6 heteroatoms. The third kappa shape index (κ3) is 4.49. The molecule has 0 radical (unpaired) electrons. The molecule has 5 nitrogen and oxygen atoms in total. The minimum Gasteiger partial charge on any atom is -0.497 e. The number of carbonyl (C=O) groups excluding carboxylic acids is 2. The molecule has 0 unspecified atom stereocenters. The molecule has 132 valence electrons. The molecule has 3 aromatic rings. The van der Waals surface area contributed by atoms with Crippen molar-refractivity contribution in [3.63, 3.8) is 0 Å². The first-order valence-electron chi connectivity index (χ1n) is 8.02. The second-order valence-corrected chi connectivity index (χ2v) is 6.49. The van der Waals surface area contributed by atoms with E-state index in [4.69, 9.17) is 4.74 Å². The predicted molar refractivity (Wildman–Crippen MR) is 103 cm³/mol. The lowest BCUT2D eigenvalue weighted by Crippen LogP contribution is -2.21. The number of nitrogens with one attached hydrogen (secondary N) is 2. The normalized spacial score (nSPS) is 10.2. The zero-order valence-corrected chi connectivity index (χ0v) is 15.0. The van der Waals surface area contributed by atoms with Gasteiger partial charge in [-0.3, -0.25) is 9.59 Å². The van der Waals surface area contributed by atoms with Crippen LogP contribution in [0.2, 0.25) is 0 Å². The second-order valence-electron chi connectivity index (χ2n) is 5.54. The lowest BCUT2D eigenvalue weighted by molar-refractivity contribution is 0.0953. The maximum absolute atomic E-state index is 12.3. The van der Waals surface area contributed by atoms with Gasteiger partial charge in [0, 0.05) is 17.8 Å². The summed E-state index contributed by atoms with van der Waals surface area (Å²) in [4.78, 5) is 24.9. The van der Waals surface area contributed by atoms with Gasteiger partial charge >= 0.3 is 0 Å². The van der Waals surface area contributed by atoms with Crippen molar-refractivity contribution in [2.24, 2.45) is 0 Å². The van der Waals surface area contributed by atoms with E-state index in [0.717, 1.165) is 11.3 Å². The van der Waals surface area contributed by atoms with Crippen LogP contribution >= 0.6 is 11.3 Å². The molecule has 0 aliphatic carbocycles. The molecule has 0 saturated carbocycles. The Labute approximate surface area is 155 Å². The van der Waals surface area contributed by atoms with Gasteiger partial charge in [0.1, 0.15) is 5.75 Å². The fourth-order valence-electron chi connectivity index (χ4n) is 2.33. The van der Waals surface area contributed by atoms with Gasteiger partial charge in [0.05, 0.1) is 12.0 Å². The summed E-state index contributed by atoms with van der Waals surface area (Å²) in [5, 5.41) is 7.56. The van der Waals surface area contributed by atoms with Crippen LogP contribution in [0.1, 0.15) is 25.6 Å². The SMILES string of the molecule is COc1ccc(NC(=O)c2ccc(CNC(=O)c3cccs3)cc2)cc1. The van der Waals surface area contributed by atoms with Crippen molar-refractivity contribution in [2.75, 3.05) is 12.4 Å². The Bertz CT molecular complexity index is 872. The van der Waals surface area contributed by atoms with Crippen molar-refractivity contribution in [1.82, 2.24) is 5.32 Å². The number of benzene rings is 2. The molecule has 26 heavy (non-hydrogen) atoms. The molecule has 1 heterocycles. The minimum atomic E-state index is -0.190. The van der Waals surface area contributed by atoms with Gasteiger partial charge in [0.15, 0.2) is 0 Å². The van der Waals surface area contributed by atoms with Crippen LogP contribution in [0.3, 0.4) is 0 Å². The van der Waals surface area contributed by atoms with E-state index in [1.165, 1.54) is 11.3 Å². The highest BCUT2D eigenvalue weighted by atomic mass is 32.1. The molecule has 3 rings (SSSR count). The Balaban J connectivity index is 1.56. The standard InChI is InChI=1S/C20H18N2O3S/c1-25-17-10-8-16(9-11-17)22-19(23)15-6-4-14(5-7-15)13-21-20(24)18-3-2-12-26-18/h2-12H,13H2,1H3,(H,21,24)(H,22,23). The number of anilines is 1. The number of rotatable bonds is 6. The highest BCUT2D eigenvalue weighted by Crippen LogP contribution is 2.16. The minimum absolute atomic E-state index is 0.0960. The molecule has 0 atom stereocenters. The predicted octanol–water partition coefficient (Wildman–Crippen LogP) is 3.94. The summed E-state index contributed by atoms with van der Waals surface area (Å²) in [5.74, 6) is 0.447. The third-order valence-corrected chi connectivity index (χ3v) is 4.63. The molecule has 0 saturated heterocycles. The van der Waals surface area contributed by atoms with Crippen LogP contribution in [0.5, 0.6) is 5.75 Å². The number of hydrogen-bond acceptors (Lipinski definition) is 4.